The summed E-state index contributed by atoms with van der Waals surface area (Å²) in [6, 6.07) is 0. The molecule has 19 heavy (non-hydrogen) atoms. The molecule has 2 heterocycles. The minimum absolute atomic E-state index is 0. The van der Waals surface area contributed by atoms with Crippen molar-refractivity contribution in [2.24, 2.45) is 0 Å². The Morgan fingerprint density at radius 3 is 2.53 bits per heavy atom. The van der Waals surface area contributed by atoms with Crippen LogP contribution >= 0.6 is 12.4 Å². The van der Waals surface area contributed by atoms with Gasteiger partial charge in [0.25, 0.3) is 0 Å². The van der Waals surface area contributed by atoms with Gasteiger partial charge in [-0.15, -0.1) is 12.4 Å². The molecule has 2 aliphatic rings. The van der Waals surface area contributed by atoms with Crippen molar-refractivity contribution in [3.63, 3.8) is 0 Å². The largest absolute Gasteiger partial charge is 0.340 e. The van der Waals surface area contributed by atoms with Crippen molar-refractivity contribution in [2.45, 2.75) is 38.1 Å². The smallest absolute Gasteiger partial charge is 0.242 e. The van der Waals surface area contributed by atoms with Crippen molar-refractivity contribution >= 4 is 28.2 Å². The highest BCUT2D eigenvalue weighted by atomic mass is 35.5. The number of carbonyl (C=O) groups excluding carboxylic acids is 1. The molecule has 2 rings (SSSR count). The highest BCUT2D eigenvalue weighted by molar-refractivity contribution is 7.91. The lowest BCUT2D eigenvalue weighted by molar-refractivity contribution is -0.138. The Kier molecular flexibility index (Phi) is 5.65. The van der Waals surface area contributed by atoms with Gasteiger partial charge in [-0.1, -0.05) is 0 Å². The lowest BCUT2D eigenvalue weighted by Gasteiger charge is -2.37. The number of piperidine rings is 1. The third-order valence-electron chi connectivity index (χ3n) is 3.93. The van der Waals surface area contributed by atoms with Crippen LogP contribution in [-0.2, 0) is 14.6 Å². The van der Waals surface area contributed by atoms with Gasteiger partial charge in [-0.2, -0.15) is 0 Å². The number of nitrogens with zero attached hydrogens (tertiary/aromatic N) is 1. The average Bonchev–Trinajstić information content (AvgIpc) is 2.50. The molecule has 2 aliphatic heterocycles. The molecule has 0 spiro atoms. The molecular formula is C12H23ClN2O3S. The van der Waals surface area contributed by atoms with Crippen LogP contribution in [-0.4, -0.2) is 55.9 Å². The van der Waals surface area contributed by atoms with Crippen LogP contribution in [0.1, 0.15) is 32.6 Å². The molecule has 7 heteroatoms. The Morgan fingerprint density at radius 2 is 1.89 bits per heavy atom. The Hall–Kier alpha value is -0.330. The summed E-state index contributed by atoms with van der Waals surface area (Å²) in [5.74, 6) is 0.384. The fourth-order valence-corrected chi connectivity index (χ4v) is 4.00. The fraction of sp³-hybridized carbons (Fsp3) is 0.917. The second-order valence-electron chi connectivity index (χ2n) is 5.51. The molecule has 1 amide bonds. The van der Waals surface area contributed by atoms with Crippen molar-refractivity contribution in [3.05, 3.63) is 0 Å². The Bertz CT molecular complexity index is 419. The highest BCUT2D eigenvalue weighted by Gasteiger charge is 2.38. The first-order chi connectivity index (χ1) is 8.43. The molecule has 1 N–H and O–H groups in total. The Morgan fingerprint density at radius 1 is 1.16 bits per heavy atom. The lowest BCUT2D eigenvalue weighted by atomic mass is 9.89. The molecule has 0 aromatic heterocycles. The minimum Gasteiger partial charge on any atom is -0.340 e. The maximum absolute atomic E-state index is 12.5. The molecular weight excluding hydrogens is 288 g/mol. The summed E-state index contributed by atoms with van der Waals surface area (Å²) in [7, 11) is -2.95. The topological polar surface area (TPSA) is 66.5 Å². The highest BCUT2D eigenvalue weighted by Crippen LogP contribution is 2.22. The van der Waals surface area contributed by atoms with Gasteiger partial charge in [-0.3, -0.25) is 4.79 Å². The molecule has 2 fully saturated rings. The predicted molar refractivity (Wildman–Crippen MR) is 77.4 cm³/mol. The van der Waals surface area contributed by atoms with Crippen LogP contribution in [0.5, 0.6) is 0 Å². The van der Waals surface area contributed by atoms with E-state index in [-0.39, 0.29) is 29.8 Å². The zero-order valence-corrected chi connectivity index (χ0v) is 13.0. The SMILES string of the molecule is CC1(C(=O)N2CCCS(=O)(=O)CC2)CCCCN1.Cl. The van der Waals surface area contributed by atoms with Crippen LogP contribution in [0.2, 0.25) is 0 Å². The Labute approximate surface area is 121 Å². The number of hydrogen-bond donors (Lipinski definition) is 1. The van der Waals surface area contributed by atoms with Crippen molar-refractivity contribution in [3.8, 4) is 0 Å². The van der Waals surface area contributed by atoms with E-state index >= 15 is 0 Å². The number of sulfone groups is 1. The average molecular weight is 311 g/mol. The van der Waals surface area contributed by atoms with Crippen molar-refractivity contribution in [1.82, 2.24) is 10.2 Å². The fourth-order valence-electron chi connectivity index (χ4n) is 2.73. The molecule has 1 unspecified atom stereocenters. The number of halogens is 1. The monoisotopic (exact) mass is 310 g/mol. The standard InChI is InChI=1S/C12H22N2O3S.ClH/c1-12(5-2-3-6-13-12)11(15)14-7-4-9-18(16,17)10-8-14;/h13H,2-10H2,1H3;1H. The molecule has 0 bridgehead atoms. The van der Waals surface area contributed by atoms with Crippen LogP contribution in [0.3, 0.4) is 0 Å². The van der Waals surface area contributed by atoms with E-state index in [2.05, 4.69) is 5.32 Å². The summed E-state index contributed by atoms with van der Waals surface area (Å²) >= 11 is 0. The van der Waals surface area contributed by atoms with Gasteiger partial charge in [0.1, 0.15) is 0 Å². The molecule has 2 saturated heterocycles. The van der Waals surface area contributed by atoms with Crippen LogP contribution in [0, 0.1) is 0 Å². The van der Waals surface area contributed by atoms with Gasteiger partial charge in [-0.25, -0.2) is 8.42 Å². The van der Waals surface area contributed by atoms with E-state index in [1.54, 1.807) is 4.90 Å². The van der Waals surface area contributed by atoms with Crippen molar-refractivity contribution < 1.29 is 13.2 Å². The molecule has 0 aliphatic carbocycles. The predicted octanol–water partition coefficient (Wildman–Crippen LogP) is 0.587. The lowest BCUT2D eigenvalue weighted by Crippen LogP contribution is -2.58. The molecule has 0 aromatic rings. The third-order valence-corrected chi connectivity index (χ3v) is 5.65. The second kappa shape index (κ2) is 6.41. The van der Waals surface area contributed by atoms with E-state index in [0.29, 0.717) is 19.5 Å². The molecule has 5 nitrogen and oxygen atoms in total. The number of rotatable bonds is 1. The van der Waals surface area contributed by atoms with Crippen molar-refractivity contribution in [2.75, 3.05) is 31.1 Å². The summed E-state index contributed by atoms with van der Waals surface area (Å²) in [6.45, 7) is 3.72. The minimum atomic E-state index is -2.95. The van der Waals surface area contributed by atoms with E-state index < -0.39 is 15.4 Å². The maximum atomic E-state index is 12.5. The van der Waals surface area contributed by atoms with Gasteiger partial charge in [0.05, 0.1) is 17.0 Å². The zero-order chi connectivity index (χ0) is 13.2. The number of hydrogen-bond acceptors (Lipinski definition) is 4. The van der Waals surface area contributed by atoms with Gasteiger partial charge in [0.2, 0.25) is 5.91 Å². The van der Waals surface area contributed by atoms with E-state index in [1.165, 1.54) is 0 Å². The van der Waals surface area contributed by atoms with Crippen LogP contribution in [0.15, 0.2) is 0 Å². The van der Waals surface area contributed by atoms with E-state index in [4.69, 9.17) is 0 Å². The summed E-state index contributed by atoms with van der Waals surface area (Å²) in [5.41, 5.74) is -0.494. The van der Waals surface area contributed by atoms with Crippen LogP contribution < -0.4 is 5.32 Å². The molecule has 0 radical (unpaired) electrons. The normalized spacial score (nSPS) is 31.1. The maximum Gasteiger partial charge on any atom is 0.242 e. The van der Waals surface area contributed by atoms with Gasteiger partial charge in [-0.05, 0) is 39.2 Å². The molecule has 112 valence electrons. The van der Waals surface area contributed by atoms with Gasteiger partial charge < -0.3 is 10.2 Å². The molecule has 1 atom stereocenters. The van der Waals surface area contributed by atoms with E-state index in [9.17, 15) is 13.2 Å². The first kappa shape index (κ1) is 16.7. The first-order valence-electron chi connectivity index (χ1n) is 6.68. The number of amides is 1. The summed E-state index contributed by atoms with van der Waals surface area (Å²) < 4.78 is 23.1. The molecule has 0 aromatic carbocycles. The van der Waals surface area contributed by atoms with Gasteiger partial charge >= 0.3 is 0 Å². The van der Waals surface area contributed by atoms with Crippen molar-refractivity contribution in [1.29, 1.82) is 0 Å². The quantitative estimate of drug-likeness (QED) is 0.770. The summed E-state index contributed by atoms with van der Waals surface area (Å²) in [4.78, 5) is 14.2. The van der Waals surface area contributed by atoms with Gasteiger partial charge in [0, 0.05) is 13.1 Å². The summed E-state index contributed by atoms with van der Waals surface area (Å²) in [6.07, 6.45) is 3.57. The van der Waals surface area contributed by atoms with Crippen LogP contribution in [0.4, 0.5) is 0 Å². The zero-order valence-electron chi connectivity index (χ0n) is 11.4. The summed E-state index contributed by atoms with van der Waals surface area (Å²) in [5, 5.41) is 3.29. The number of carbonyl (C=O) groups is 1. The second-order valence-corrected chi connectivity index (χ2v) is 7.82. The third kappa shape index (κ3) is 4.07. The molecule has 0 saturated carbocycles. The number of nitrogens with one attached hydrogen (secondary N) is 1. The first-order valence-corrected chi connectivity index (χ1v) is 8.50. The Balaban J connectivity index is 0.00000180. The van der Waals surface area contributed by atoms with Gasteiger partial charge in [0.15, 0.2) is 9.84 Å². The van der Waals surface area contributed by atoms with E-state index in [1.807, 2.05) is 6.92 Å². The van der Waals surface area contributed by atoms with Crippen LogP contribution in [0.25, 0.3) is 0 Å². The van der Waals surface area contributed by atoms with E-state index in [0.717, 1.165) is 25.8 Å².